The number of fused-ring (bicyclic) bond motifs is 1. The van der Waals surface area contributed by atoms with Crippen molar-refractivity contribution in [3.63, 3.8) is 0 Å². The topological polar surface area (TPSA) is 56.5 Å². The summed E-state index contributed by atoms with van der Waals surface area (Å²) in [5, 5.41) is 5.45. The van der Waals surface area contributed by atoms with Crippen molar-refractivity contribution in [2.75, 3.05) is 0 Å². The molecule has 0 spiro atoms. The van der Waals surface area contributed by atoms with Gasteiger partial charge in [0.1, 0.15) is 5.82 Å². The maximum Gasteiger partial charge on any atom is 0.161 e. The van der Waals surface area contributed by atoms with Crippen molar-refractivity contribution in [2.45, 2.75) is 40.0 Å². The van der Waals surface area contributed by atoms with Crippen LogP contribution in [0.15, 0.2) is 42.9 Å². The van der Waals surface area contributed by atoms with Crippen LogP contribution in [0.2, 0.25) is 0 Å². The van der Waals surface area contributed by atoms with Crippen LogP contribution in [0.5, 0.6) is 0 Å². The second-order valence-corrected chi connectivity index (χ2v) is 7.38. The molecule has 28 heavy (non-hydrogen) atoms. The molecular weight excluding hydrogens is 346 g/mol. The second-order valence-electron chi connectivity index (χ2n) is 7.38. The minimum atomic E-state index is 0.208. The van der Waals surface area contributed by atoms with E-state index >= 15 is 0 Å². The van der Waals surface area contributed by atoms with Gasteiger partial charge in [-0.2, -0.15) is 5.10 Å². The SMILES string of the molecule is CCC(c1c(C)cc(-c2ccncc2)cc1C)c1nc(C)nc2c1cnn2C. The lowest BCUT2D eigenvalue weighted by molar-refractivity contribution is 0.736. The summed E-state index contributed by atoms with van der Waals surface area (Å²) in [6, 6.07) is 8.65. The molecule has 0 amide bonds. The molecular formula is C23H25N5. The fourth-order valence-electron chi connectivity index (χ4n) is 4.19. The monoisotopic (exact) mass is 371 g/mol. The van der Waals surface area contributed by atoms with Crippen LogP contribution in [0.4, 0.5) is 0 Å². The molecule has 4 rings (SSSR count). The first kappa shape index (κ1) is 18.3. The van der Waals surface area contributed by atoms with Gasteiger partial charge in [-0.3, -0.25) is 9.67 Å². The van der Waals surface area contributed by atoms with E-state index in [9.17, 15) is 0 Å². The highest BCUT2D eigenvalue weighted by Gasteiger charge is 2.23. The highest BCUT2D eigenvalue weighted by Crippen LogP contribution is 2.37. The molecule has 1 atom stereocenters. The molecule has 0 saturated carbocycles. The van der Waals surface area contributed by atoms with E-state index in [4.69, 9.17) is 4.98 Å². The molecule has 0 aliphatic heterocycles. The lowest BCUT2D eigenvalue weighted by atomic mass is 9.84. The van der Waals surface area contributed by atoms with Gasteiger partial charge in [-0.05, 0) is 67.1 Å². The van der Waals surface area contributed by atoms with Crippen LogP contribution >= 0.6 is 0 Å². The quantitative estimate of drug-likeness (QED) is 0.512. The number of aromatic nitrogens is 5. The molecule has 5 nitrogen and oxygen atoms in total. The summed E-state index contributed by atoms with van der Waals surface area (Å²) in [6.45, 7) is 8.57. The minimum Gasteiger partial charge on any atom is -0.265 e. The molecule has 3 heterocycles. The minimum absolute atomic E-state index is 0.208. The maximum atomic E-state index is 4.85. The van der Waals surface area contributed by atoms with E-state index in [1.165, 1.54) is 27.8 Å². The van der Waals surface area contributed by atoms with Crippen LogP contribution in [0.3, 0.4) is 0 Å². The van der Waals surface area contributed by atoms with Crippen molar-refractivity contribution in [3.05, 3.63) is 71.1 Å². The van der Waals surface area contributed by atoms with Gasteiger partial charge in [0.05, 0.1) is 17.3 Å². The van der Waals surface area contributed by atoms with Crippen LogP contribution in [0, 0.1) is 20.8 Å². The summed E-state index contributed by atoms with van der Waals surface area (Å²) in [4.78, 5) is 13.6. The summed E-state index contributed by atoms with van der Waals surface area (Å²) in [6.07, 6.45) is 6.54. The van der Waals surface area contributed by atoms with E-state index in [2.05, 4.69) is 60.1 Å². The van der Waals surface area contributed by atoms with E-state index in [0.717, 1.165) is 29.0 Å². The van der Waals surface area contributed by atoms with Crippen molar-refractivity contribution in [1.29, 1.82) is 0 Å². The molecule has 142 valence electrons. The van der Waals surface area contributed by atoms with Gasteiger partial charge in [0.2, 0.25) is 0 Å². The van der Waals surface area contributed by atoms with Gasteiger partial charge in [-0.1, -0.05) is 19.1 Å². The molecule has 0 aliphatic rings. The molecule has 0 aliphatic carbocycles. The number of pyridine rings is 1. The largest absolute Gasteiger partial charge is 0.265 e. The standard InChI is InChI=1S/C23H25N5/c1-6-19(22-20-13-25-28(5)23(20)27-16(4)26-22)21-14(2)11-18(12-15(21)3)17-7-9-24-10-8-17/h7-13,19H,6H2,1-5H3. The first-order valence-corrected chi connectivity index (χ1v) is 9.67. The van der Waals surface area contributed by atoms with Gasteiger partial charge >= 0.3 is 0 Å². The van der Waals surface area contributed by atoms with Crippen LogP contribution in [-0.2, 0) is 7.05 Å². The number of rotatable bonds is 4. The Hall–Kier alpha value is -3.08. The molecule has 0 N–H and O–H groups in total. The van der Waals surface area contributed by atoms with Gasteiger partial charge in [0.25, 0.3) is 0 Å². The molecule has 0 bridgehead atoms. The number of benzene rings is 1. The highest BCUT2D eigenvalue weighted by molar-refractivity contribution is 5.79. The zero-order valence-electron chi connectivity index (χ0n) is 17.1. The van der Waals surface area contributed by atoms with Gasteiger partial charge < -0.3 is 0 Å². The first-order valence-electron chi connectivity index (χ1n) is 9.67. The third-order valence-corrected chi connectivity index (χ3v) is 5.43. The van der Waals surface area contributed by atoms with Crippen molar-refractivity contribution in [2.24, 2.45) is 7.05 Å². The Labute approximate surface area is 165 Å². The van der Waals surface area contributed by atoms with Crippen molar-refractivity contribution < 1.29 is 0 Å². The summed E-state index contributed by atoms with van der Waals surface area (Å²) >= 11 is 0. The predicted molar refractivity (Wildman–Crippen MR) is 112 cm³/mol. The lowest BCUT2D eigenvalue weighted by Crippen LogP contribution is -2.09. The van der Waals surface area contributed by atoms with E-state index in [1.807, 2.05) is 37.2 Å². The van der Waals surface area contributed by atoms with Gasteiger partial charge in [0.15, 0.2) is 5.65 Å². The van der Waals surface area contributed by atoms with Gasteiger partial charge in [-0.25, -0.2) is 9.97 Å². The van der Waals surface area contributed by atoms with Gasteiger partial charge in [0, 0.05) is 25.4 Å². The number of hydrogen-bond donors (Lipinski definition) is 0. The smallest absolute Gasteiger partial charge is 0.161 e. The molecule has 0 fully saturated rings. The third-order valence-electron chi connectivity index (χ3n) is 5.43. The molecule has 0 radical (unpaired) electrons. The summed E-state index contributed by atoms with van der Waals surface area (Å²) in [5.74, 6) is 0.994. The number of hydrogen-bond acceptors (Lipinski definition) is 4. The van der Waals surface area contributed by atoms with E-state index in [1.54, 1.807) is 0 Å². The highest BCUT2D eigenvalue weighted by atomic mass is 15.3. The Morgan fingerprint density at radius 2 is 1.64 bits per heavy atom. The van der Waals surface area contributed by atoms with Crippen molar-refractivity contribution >= 4 is 11.0 Å². The molecule has 5 heteroatoms. The zero-order valence-corrected chi connectivity index (χ0v) is 17.1. The molecule has 0 saturated heterocycles. The number of nitrogens with zero attached hydrogens (tertiary/aromatic N) is 5. The fourth-order valence-corrected chi connectivity index (χ4v) is 4.19. The fraction of sp³-hybridized carbons (Fsp3) is 0.304. The molecule has 1 unspecified atom stereocenters. The van der Waals surface area contributed by atoms with Crippen LogP contribution in [-0.4, -0.2) is 24.7 Å². The Morgan fingerprint density at radius 1 is 0.964 bits per heavy atom. The average molecular weight is 371 g/mol. The van der Waals surface area contributed by atoms with Crippen LogP contribution in [0.25, 0.3) is 22.2 Å². The van der Waals surface area contributed by atoms with Crippen LogP contribution in [0.1, 0.15) is 47.5 Å². The average Bonchev–Trinajstić information content (AvgIpc) is 3.05. The zero-order chi connectivity index (χ0) is 19.8. The molecule has 3 aromatic heterocycles. The third kappa shape index (κ3) is 3.07. The summed E-state index contributed by atoms with van der Waals surface area (Å²) < 4.78 is 1.83. The molecule has 1 aromatic carbocycles. The molecule has 4 aromatic rings. The van der Waals surface area contributed by atoms with E-state index in [0.29, 0.717) is 0 Å². The Bertz CT molecular complexity index is 1120. The van der Waals surface area contributed by atoms with Crippen molar-refractivity contribution in [1.82, 2.24) is 24.7 Å². The Kier molecular flexibility index (Phi) is 4.67. The summed E-state index contributed by atoms with van der Waals surface area (Å²) in [5.41, 5.74) is 8.29. The lowest BCUT2D eigenvalue weighted by Gasteiger charge is -2.22. The summed E-state index contributed by atoms with van der Waals surface area (Å²) in [7, 11) is 1.93. The van der Waals surface area contributed by atoms with Crippen LogP contribution < -0.4 is 0 Å². The first-order chi connectivity index (χ1) is 13.5. The Balaban J connectivity index is 1.88. The van der Waals surface area contributed by atoms with Crippen molar-refractivity contribution in [3.8, 4) is 11.1 Å². The Morgan fingerprint density at radius 3 is 2.29 bits per heavy atom. The number of aryl methyl sites for hydroxylation is 4. The normalized spacial score (nSPS) is 12.5. The second kappa shape index (κ2) is 7.15. The van der Waals surface area contributed by atoms with E-state index < -0.39 is 0 Å². The van der Waals surface area contributed by atoms with Gasteiger partial charge in [-0.15, -0.1) is 0 Å². The van der Waals surface area contributed by atoms with E-state index in [-0.39, 0.29) is 5.92 Å². The predicted octanol–water partition coefficient (Wildman–Crippen LogP) is 4.89. The maximum absolute atomic E-state index is 4.85.